The number of esters is 1. The Hall–Kier alpha value is -2.53. The van der Waals surface area contributed by atoms with E-state index in [1.54, 1.807) is 19.1 Å². The number of nitrogens with zero attached hydrogens (tertiary/aromatic N) is 1. The fraction of sp³-hybridized carbons (Fsp3) is 0.222. The van der Waals surface area contributed by atoms with Gasteiger partial charge in [0, 0.05) is 11.8 Å². The van der Waals surface area contributed by atoms with E-state index < -0.39 is 11.8 Å². The van der Waals surface area contributed by atoms with E-state index in [9.17, 15) is 9.18 Å². The topological polar surface area (TPSA) is 58.9 Å². The van der Waals surface area contributed by atoms with Gasteiger partial charge in [-0.1, -0.05) is 18.2 Å². The van der Waals surface area contributed by atoms with Gasteiger partial charge in [0.25, 0.3) is 0 Å². The summed E-state index contributed by atoms with van der Waals surface area (Å²) in [5.74, 6) is -1.22. The Morgan fingerprint density at radius 1 is 1.48 bits per heavy atom. The smallest absolute Gasteiger partial charge is 0.337 e. The van der Waals surface area contributed by atoms with Crippen LogP contribution in [-0.4, -0.2) is 31.0 Å². The molecule has 0 saturated heterocycles. The van der Waals surface area contributed by atoms with Gasteiger partial charge in [-0.25, -0.2) is 9.18 Å². The van der Waals surface area contributed by atoms with Crippen molar-refractivity contribution in [2.24, 2.45) is 4.99 Å². The number of benzene rings is 1. The van der Waals surface area contributed by atoms with Crippen molar-refractivity contribution in [3.63, 3.8) is 0 Å². The summed E-state index contributed by atoms with van der Waals surface area (Å²) in [5, 5.41) is 9.14. The molecule has 0 aliphatic rings. The van der Waals surface area contributed by atoms with E-state index in [1.807, 2.05) is 6.92 Å². The van der Waals surface area contributed by atoms with Gasteiger partial charge in [0.1, 0.15) is 5.82 Å². The number of carbonyl (C=O) groups is 1. The summed E-state index contributed by atoms with van der Waals surface area (Å²) in [7, 11) is 1.24. The maximum atomic E-state index is 14.4. The molecule has 4 nitrogen and oxygen atoms in total. The van der Waals surface area contributed by atoms with Crippen LogP contribution in [0.4, 0.5) is 4.39 Å². The maximum Gasteiger partial charge on any atom is 0.337 e. The van der Waals surface area contributed by atoms with E-state index in [4.69, 9.17) is 5.11 Å². The number of aliphatic hydroxyl groups is 1. The van der Waals surface area contributed by atoms with E-state index in [1.165, 1.54) is 25.5 Å². The van der Waals surface area contributed by atoms with Gasteiger partial charge in [0.2, 0.25) is 0 Å². The van der Waals surface area contributed by atoms with Crippen molar-refractivity contribution in [1.29, 1.82) is 0 Å². The minimum Gasteiger partial charge on any atom is -0.465 e. The molecule has 0 aliphatic heterocycles. The van der Waals surface area contributed by atoms with Crippen molar-refractivity contribution in [3.8, 4) is 0 Å². The van der Waals surface area contributed by atoms with Crippen LogP contribution in [0.2, 0.25) is 0 Å². The highest BCUT2D eigenvalue weighted by Gasteiger charge is 2.15. The molecule has 0 amide bonds. The van der Waals surface area contributed by atoms with Gasteiger partial charge in [0.15, 0.2) is 0 Å². The highest BCUT2D eigenvalue weighted by molar-refractivity contribution is 5.90. The number of aliphatic hydroxyl groups excluding tert-OH is 1. The van der Waals surface area contributed by atoms with Crippen molar-refractivity contribution in [2.45, 2.75) is 13.8 Å². The van der Waals surface area contributed by atoms with Gasteiger partial charge in [-0.3, -0.25) is 4.99 Å². The Labute approximate surface area is 135 Å². The van der Waals surface area contributed by atoms with Crippen molar-refractivity contribution in [3.05, 3.63) is 65.0 Å². The molecule has 1 aromatic rings. The van der Waals surface area contributed by atoms with Gasteiger partial charge in [-0.2, -0.15) is 0 Å². The van der Waals surface area contributed by atoms with Crippen molar-refractivity contribution in [1.82, 2.24) is 0 Å². The van der Waals surface area contributed by atoms with E-state index in [-0.39, 0.29) is 23.4 Å². The number of carbonyl (C=O) groups excluding carboxylic acids is 1. The van der Waals surface area contributed by atoms with Gasteiger partial charge >= 0.3 is 5.97 Å². The quantitative estimate of drug-likeness (QED) is 0.496. The van der Waals surface area contributed by atoms with E-state index in [0.29, 0.717) is 5.56 Å². The average molecular weight is 317 g/mol. The number of hydrogen-bond acceptors (Lipinski definition) is 4. The zero-order chi connectivity index (χ0) is 17.4. The van der Waals surface area contributed by atoms with Gasteiger partial charge in [-0.05, 0) is 43.7 Å². The lowest BCUT2D eigenvalue weighted by Crippen LogP contribution is -2.05. The summed E-state index contributed by atoms with van der Waals surface area (Å²) in [4.78, 5) is 15.7. The zero-order valence-electron chi connectivity index (χ0n) is 13.5. The Kier molecular flexibility index (Phi) is 7.09. The Morgan fingerprint density at radius 2 is 2.17 bits per heavy atom. The van der Waals surface area contributed by atoms with E-state index in [2.05, 4.69) is 16.3 Å². The molecule has 0 heterocycles. The third-order valence-electron chi connectivity index (χ3n) is 3.12. The first-order valence-corrected chi connectivity index (χ1v) is 6.97. The molecule has 0 unspecified atom stereocenters. The van der Waals surface area contributed by atoms with Crippen LogP contribution in [0.3, 0.4) is 0 Å². The van der Waals surface area contributed by atoms with Crippen LogP contribution < -0.4 is 0 Å². The number of aliphatic imine (C=N–C) groups is 1. The molecule has 0 saturated carbocycles. The lowest BCUT2D eigenvalue weighted by Gasteiger charge is -2.10. The number of ether oxygens (including phenoxy) is 1. The molecule has 0 radical (unpaired) electrons. The molecular formula is C18H20FNO3. The highest BCUT2D eigenvalue weighted by Crippen LogP contribution is 2.25. The van der Waals surface area contributed by atoms with Gasteiger partial charge < -0.3 is 9.84 Å². The van der Waals surface area contributed by atoms with Crippen LogP contribution in [0.25, 0.3) is 5.70 Å². The summed E-state index contributed by atoms with van der Waals surface area (Å²) >= 11 is 0. The fourth-order valence-corrected chi connectivity index (χ4v) is 1.91. The normalized spacial score (nSPS) is 12.6. The largest absolute Gasteiger partial charge is 0.465 e. The molecule has 1 rings (SSSR count). The maximum absolute atomic E-state index is 14.4. The molecule has 5 heteroatoms. The number of rotatable bonds is 6. The first-order valence-electron chi connectivity index (χ1n) is 6.97. The molecule has 0 aliphatic carbocycles. The summed E-state index contributed by atoms with van der Waals surface area (Å²) in [6.45, 7) is 6.86. The average Bonchev–Trinajstić information content (AvgIpc) is 2.53. The van der Waals surface area contributed by atoms with Crippen LogP contribution in [0, 0.1) is 12.7 Å². The van der Waals surface area contributed by atoms with Crippen molar-refractivity contribution < 1.29 is 19.0 Å². The minimum absolute atomic E-state index is 0.126. The molecule has 0 bridgehead atoms. The fourth-order valence-electron chi connectivity index (χ4n) is 1.91. The number of halogens is 1. The Balaban J connectivity index is 3.31. The lowest BCUT2D eigenvalue weighted by atomic mass is 10.0. The second kappa shape index (κ2) is 8.80. The SMILES string of the molecule is C=C\C(C)=C/C=N/C(=C/CO)c1c(C)cc(C(=O)OC)cc1F. The first kappa shape index (κ1) is 18.5. The molecule has 23 heavy (non-hydrogen) atoms. The zero-order valence-corrected chi connectivity index (χ0v) is 13.5. The minimum atomic E-state index is -0.612. The molecule has 1 N–H and O–H groups in total. The predicted octanol–water partition coefficient (Wildman–Crippen LogP) is 3.46. The molecule has 122 valence electrons. The Morgan fingerprint density at radius 3 is 2.70 bits per heavy atom. The van der Waals surface area contributed by atoms with Crippen molar-refractivity contribution >= 4 is 17.9 Å². The first-order chi connectivity index (χ1) is 10.9. The number of methoxy groups -OCH3 is 1. The molecular weight excluding hydrogens is 297 g/mol. The summed E-state index contributed by atoms with van der Waals surface area (Å²) in [5.41, 5.74) is 2.06. The monoisotopic (exact) mass is 317 g/mol. The van der Waals surface area contributed by atoms with Crippen molar-refractivity contribution in [2.75, 3.05) is 13.7 Å². The molecule has 0 atom stereocenters. The van der Waals surface area contributed by atoms with Crippen LogP contribution in [-0.2, 0) is 4.74 Å². The molecule has 0 spiro atoms. The second-order valence-corrected chi connectivity index (χ2v) is 4.81. The van der Waals surface area contributed by atoms with Crippen LogP contribution in [0.15, 0.2) is 47.5 Å². The molecule has 0 fully saturated rings. The Bertz CT molecular complexity index is 665. The molecule has 1 aromatic carbocycles. The van der Waals surface area contributed by atoms with Crippen LogP contribution >= 0.6 is 0 Å². The van der Waals surface area contributed by atoms with E-state index in [0.717, 1.165) is 11.6 Å². The van der Waals surface area contributed by atoms with E-state index >= 15 is 0 Å². The predicted molar refractivity (Wildman–Crippen MR) is 90.0 cm³/mol. The highest BCUT2D eigenvalue weighted by atomic mass is 19.1. The number of hydrogen-bond donors (Lipinski definition) is 1. The third kappa shape index (κ3) is 5.00. The lowest BCUT2D eigenvalue weighted by molar-refractivity contribution is 0.0600. The van der Waals surface area contributed by atoms with Crippen LogP contribution in [0.5, 0.6) is 0 Å². The van der Waals surface area contributed by atoms with Gasteiger partial charge in [0.05, 0.1) is 25.0 Å². The van der Waals surface area contributed by atoms with Gasteiger partial charge in [-0.15, -0.1) is 0 Å². The third-order valence-corrected chi connectivity index (χ3v) is 3.12. The summed E-state index contributed by atoms with van der Waals surface area (Å²) < 4.78 is 19.0. The summed E-state index contributed by atoms with van der Waals surface area (Å²) in [6, 6.07) is 2.62. The summed E-state index contributed by atoms with van der Waals surface area (Å²) in [6.07, 6.45) is 6.29. The standard InChI is InChI=1S/C18H20FNO3/c1-5-12(2)6-8-20-16(7-9-21)17-13(3)10-14(11-15(17)19)18(22)23-4/h5-8,10-11,21H,1,9H2,2-4H3/b12-6-,16-7+,20-8+. The second-order valence-electron chi connectivity index (χ2n) is 4.81. The number of aryl methyl sites for hydroxylation is 1. The molecule has 0 aromatic heterocycles. The van der Waals surface area contributed by atoms with Crippen LogP contribution in [0.1, 0.15) is 28.4 Å². The number of allylic oxidation sites excluding steroid dienone is 3.